The molecule has 0 aromatic heterocycles. The molecule has 0 bridgehead atoms. The fraction of sp³-hybridized carbons (Fsp3) is 0.0667. The van der Waals surface area contributed by atoms with Crippen molar-refractivity contribution in [2.24, 2.45) is 10.2 Å². The molecule has 0 unspecified atom stereocenters. The molecule has 0 atom stereocenters. The van der Waals surface area contributed by atoms with Crippen LogP contribution in [0.3, 0.4) is 0 Å². The van der Waals surface area contributed by atoms with Crippen LogP contribution in [0.5, 0.6) is 11.5 Å². The zero-order valence-electron chi connectivity index (χ0n) is 10.8. The van der Waals surface area contributed by atoms with Crippen LogP contribution in [0.25, 0.3) is 0 Å². The molecule has 0 radical (unpaired) electrons. The first-order chi connectivity index (χ1) is 9.56. The van der Waals surface area contributed by atoms with E-state index in [1.54, 1.807) is 25.1 Å². The number of benzene rings is 2. The molecule has 0 saturated heterocycles. The van der Waals surface area contributed by atoms with Crippen LogP contribution >= 0.6 is 0 Å². The van der Waals surface area contributed by atoms with E-state index in [9.17, 15) is 9.50 Å². The lowest BCUT2D eigenvalue weighted by Gasteiger charge is -1.98. The molecule has 2 rings (SSSR count). The van der Waals surface area contributed by atoms with E-state index in [-0.39, 0.29) is 5.75 Å². The number of hydrogen-bond acceptors (Lipinski definition) is 4. The molecule has 0 aliphatic heterocycles. The second-order valence-electron chi connectivity index (χ2n) is 4.25. The molecule has 2 N–H and O–H groups in total. The van der Waals surface area contributed by atoms with Crippen molar-refractivity contribution >= 4 is 12.4 Å². The van der Waals surface area contributed by atoms with E-state index in [1.165, 1.54) is 30.6 Å². The van der Waals surface area contributed by atoms with Crippen LogP contribution in [-0.2, 0) is 0 Å². The zero-order chi connectivity index (χ0) is 14.5. The summed E-state index contributed by atoms with van der Waals surface area (Å²) in [6, 6.07) is 9.01. The van der Waals surface area contributed by atoms with E-state index >= 15 is 0 Å². The van der Waals surface area contributed by atoms with Gasteiger partial charge in [0.2, 0.25) is 0 Å². The molecule has 2 aromatic rings. The average molecular weight is 272 g/mol. The van der Waals surface area contributed by atoms with Gasteiger partial charge < -0.3 is 10.2 Å². The fourth-order valence-corrected chi connectivity index (χ4v) is 1.56. The standard InChI is InChI=1S/C15H13FN2O2/c1-10-6-11(2-4-14(10)19)8-17-18-9-12-3-5-15(20)13(16)7-12/h2-9,19-20H,1H3/b17-8+,18-9+. The van der Waals surface area contributed by atoms with Crippen molar-refractivity contribution in [2.75, 3.05) is 0 Å². The van der Waals surface area contributed by atoms with Crippen molar-refractivity contribution in [1.29, 1.82) is 0 Å². The lowest BCUT2D eigenvalue weighted by molar-refractivity contribution is 0.432. The molecule has 4 nitrogen and oxygen atoms in total. The van der Waals surface area contributed by atoms with Gasteiger partial charge in [0.15, 0.2) is 11.6 Å². The predicted octanol–water partition coefficient (Wildman–Crippen LogP) is 3.00. The van der Waals surface area contributed by atoms with Gasteiger partial charge >= 0.3 is 0 Å². The van der Waals surface area contributed by atoms with Crippen LogP contribution in [0.2, 0.25) is 0 Å². The summed E-state index contributed by atoms with van der Waals surface area (Å²) in [6.07, 6.45) is 2.91. The van der Waals surface area contributed by atoms with Crippen LogP contribution in [-0.4, -0.2) is 22.6 Å². The van der Waals surface area contributed by atoms with E-state index < -0.39 is 11.6 Å². The number of phenols is 2. The van der Waals surface area contributed by atoms with Crippen LogP contribution in [0.15, 0.2) is 46.6 Å². The Labute approximate surface area is 115 Å². The number of hydrogen-bond donors (Lipinski definition) is 2. The van der Waals surface area contributed by atoms with Gasteiger partial charge in [-0.25, -0.2) is 4.39 Å². The Morgan fingerprint density at radius 2 is 1.45 bits per heavy atom. The van der Waals surface area contributed by atoms with Gasteiger partial charge in [0.05, 0.1) is 12.4 Å². The molecule has 5 heteroatoms. The summed E-state index contributed by atoms with van der Waals surface area (Å²) in [5, 5.41) is 26.1. The molecule has 102 valence electrons. The Kier molecular flexibility index (Phi) is 4.10. The minimum absolute atomic E-state index is 0.227. The molecule has 0 aliphatic carbocycles. The van der Waals surface area contributed by atoms with Crippen molar-refractivity contribution < 1.29 is 14.6 Å². The second-order valence-corrected chi connectivity index (χ2v) is 4.25. The number of aryl methyl sites for hydroxylation is 1. The number of rotatable bonds is 3. The zero-order valence-corrected chi connectivity index (χ0v) is 10.8. The van der Waals surface area contributed by atoms with Gasteiger partial charge in [-0.15, -0.1) is 0 Å². The maximum Gasteiger partial charge on any atom is 0.165 e. The molecular weight excluding hydrogens is 259 g/mol. The number of halogens is 1. The van der Waals surface area contributed by atoms with E-state index in [4.69, 9.17) is 5.11 Å². The minimum atomic E-state index is -0.702. The van der Waals surface area contributed by atoms with Crippen LogP contribution in [0, 0.1) is 12.7 Å². The number of phenolic OH excluding ortho intramolecular Hbond substituents is 2. The Balaban J connectivity index is 2.06. The molecule has 0 fully saturated rings. The maximum atomic E-state index is 13.1. The van der Waals surface area contributed by atoms with Gasteiger partial charge in [-0.3, -0.25) is 0 Å². The highest BCUT2D eigenvalue weighted by molar-refractivity contribution is 5.83. The highest BCUT2D eigenvalue weighted by atomic mass is 19.1. The normalized spacial score (nSPS) is 11.5. The topological polar surface area (TPSA) is 65.2 Å². The molecule has 0 heterocycles. The molecule has 0 spiro atoms. The van der Waals surface area contributed by atoms with Crippen LogP contribution in [0.4, 0.5) is 4.39 Å². The minimum Gasteiger partial charge on any atom is -0.508 e. The van der Waals surface area contributed by atoms with E-state index in [0.717, 1.165) is 11.1 Å². The van der Waals surface area contributed by atoms with Crippen LogP contribution in [0.1, 0.15) is 16.7 Å². The summed E-state index contributed by atoms with van der Waals surface area (Å²) in [5.41, 5.74) is 2.05. The summed E-state index contributed by atoms with van der Waals surface area (Å²) < 4.78 is 13.1. The fourth-order valence-electron chi connectivity index (χ4n) is 1.56. The molecule has 2 aromatic carbocycles. The second kappa shape index (κ2) is 5.97. The lowest BCUT2D eigenvalue weighted by Crippen LogP contribution is -1.84. The summed E-state index contributed by atoms with van der Waals surface area (Å²) in [7, 11) is 0. The third-order valence-electron chi connectivity index (χ3n) is 2.67. The summed E-state index contributed by atoms with van der Waals surface area (Å²) in [5.74, 6) is -0.873. The maximum absolute atomic E-state index is 13.1. The third-order valence-corrected chi connectivity index (χ3v) is 2.67. The number of nitrogens with zero attached hydrogens (tertiary/aromatic N) is 2. The third kappa shape index (κ3) is 3.41. The van der Waals surface area contributed by atoms with Crippen molar-refractivity contribution in [3.63, 3.8) is 0 Å². The van der Waals surface area contributed by atoms with Gasteiger partial charge in [0.1, 0.15) is 5.75 Å². The molecule has 20 heavy (non-hydrogen) atoms. The van der Waals surface area contributed by atoms with E-state index in [2.05, 4.69) is 10.2 Å². The monoisotopic (exact) mass is 272 g/mol. The summed E-state index contributed by atoms with van der Waals surface area (Å²) in [6.45, 7) is 1.79. The summed E-state index contributed by atoms with van der Waals surface area (Å²) >= 11 is 0. The van der Waals surface area contributed by atoms with Crippen molar-refractivity contribution in [3.05, 3.63) is 58.9 Å². The molecule has 0 aliphatic rings. The Hall–Kier alpha value is -2.69. The average Bonchev–Trinajstić information content (AvgIpc) is 2.42. The number of aromatic hydroxyl groups is 2. The van der Waals surface area contributed by atoms with Crippen molar-refractivity contribution in [1.82, 2.24) is 0 Å². The van der Waals surface area contributed by atoms with E-state index in [0.29, 0.717) is 5.56 Å². The van der Waals surface area contributed by atoms with Gasteiger partial charge in [-0.05, 0) is 60.0 Å². The smallest absolute Gasteiger partial charge is 0.165 e. The predicted molar refractivity (Wildman–Crippen MR) is 76.1 cm³/mol. The summed E-state index contributed by atoms with van der Waals surface area (Å²) in [4.78, 5) is 0. The van der Waals surface area contributed by atoms with Gasteiger partial charge in [-0.1, -0.05) is 0 Å². The van der Waals surface area contributed by atoms with Gasteiger partial charge in [-0.2, -0.15) is 10.2 Å². The first-order valence-electron chi connectivity index (χ1n) is 5.91. The highest BCUT2D eigenvalue weighted by Gasteiger charge is 1.99. The Bertz CT molecular complexity index is 622. The molecule has 0 amide bonds. The Morgan fingerprint density at radius 1 is 0.900 bits per heavy atom. The first-order valence-corrected chi connectivity index (χ1v) is 5.91. The highest BCUT2D eigenvalue weighted by Crippen LogP contribution is 2.16. The van der Waals surface area contributed by atoms with Crippen molar-refractivity contribution in [3.8, 4) is 11.5 Å². The SMILES string of the molecule is Cc1cc(/C=N/N=C/c2ccc(O)c(F)c2)ccc1O. The van der Waals surface area contributed by atoms with Gasteiger partial charge in [0, 0.05) is 0 Å². The lowest BCUT2D eigenvalue weighted by atomic mass is 10.1. The molecular formula is C15H13FN2O2. The quantitative estimate of drug-likeness (QED) is 0.666. The first kappa shape index (κ1) is 13.7. The van der Waals surface area contributed by atoms with Crippen molar-refractivity contribution in [2.45, 2.75) is 6.92 Å². The largest absolute Gasteiger partial charge is 0.508 e. The van der Waals surface area contributed by atoms with Gasteiger partial charge in [0.25, 0.3) is 0 Å². The molecule has 0 saturated carbocycles. The Morgan fingerprint density at radius 3 is 2.00 bits per heavy atom. The van der Waals surface area contributed by atoms with Crippen LogP contribution < -0.4 is 0 Å². The van der Waals surface area contributed by atoms with E-state index in [1.807, 2.05) is 0 Å².